The number of nitrogens with one attached hydrogen (secondary N) is 1. The lowest BCUT2D eigenvalue weighted by Crippen LogP contribution is -2.57. The monoisotopic (exact) mass is 550 g/mol. The molecule has 2 aromatic rings. The molecule has 10 heteroatoms. The molecule has 0 atom stereocenters. The molecule has 29 heavy (non-hydrogen) atoms. The van der Waals surface area contributed by atoms with Gasteiger partial charge in [0.2, 0.25) is 0 Å². The van der Waals surface area contributed by atoms with Crippen LogP contribution in [-0.2, 0) is 16.4 Å². The summed E-state index contributed by atoms with van der Waals surface area (Å²) in [5, 5.41) is 6.27. The maximum Gasteiger partial charge on any atom is 0.194 e. The molecule has 0 aliphatic carbocycles. The molecular formula is C19H27IN4O3S2. The van der Waals surface area contributed by atoms with Gasteiger partial charge in [-0.25, -0.2) is 13.4 Å². The normalized spacial score (nSPS) is 18.1. The van der Waals surface area contributed by atoms with Gasteiger partial charge in [0.05, 0.1) is 29.8 Å². The fraction of sp³-hybridized carbons (Fsp3) is 0.474. The summed E-state index contributed by atoms with van der Waals surface area (Å²) in [6.07, 6.45) is 0. The van der Waals surface area contributed by atoms with E-state index < -0.39 is 14.6 Å². The van der Waals surface area contributed by atoms with Gasteiger partial charge in [0.25, 0.3) is 0 Å². The molecule has 2 heterocycles. The summed E-state index contributed by atoms with van der Waals surface area (Å²) in [4.78, 5) is 11.0. The van der Waals surface area contributed by atoms with Crippen molar-refractivity contribution < 1.29 is 13.2 Å². The Labute approximate surface area is 193 Å². The van der Waals surface area contributed by atoms with Gasteiger partial charge in [-0.1, -0.05) is 0 Å². The molecule has 0 amide bonds. The first kappa shape index (κ1) is 23.9. The van der Waals surface area contributed by atoms with Crippen molar-refractivity contribution in [2.75, 3.05) is 33.0 Å². The van der Waals surface area contributed by atoms with Crippen LogP contribution in [0.2, 0.25) is 0 Å². The van der Waals surface area contributed by atoms with Crippen LogP contribution in [0.4, 0.5) is 0 Å². The molecule has 1 aliphatic heterocycles. The molecule has 1 saturated heterocycles. The third-order valence-corrected chi connectivity index (χ3v) is 8.34. The number of sulfone groups is 1. The number of thiazole rings is 1. The molecule has 7 nitrogen and oxygen atoms in total. The molecule has 1 aromatic carbocycles. The van der Waals surface area contributed by atoms with Gasteiger partial charge in [-0.05, 0) is 38.1 Å². The molecular weight excluding hydrogens is 523 g/mol. The zero-order valence-corrected chi connectivity index (χ0v) is 21.0. The van der Waals surface area contributed by atoms with Crippen molar-refractivity contribution in [3.63, 3.8) is 0 Å². The largest absolute Gasteiger partial charge is 0.497 e. The van der Waals surface area contributed by atoms with Crippen LogP contribution in [0.5, 0.6) is 5.75 Å². The molecule has 1 fully saturated rings. The lowest BCUT2D eigenvalue weighted by atomic mass is 10.2. The highest BCUT2D eigenvalue weighted by atomic mass is 127. The lowest BCUT2D eigenvalue weighted by molar-refractivity contribution is 0.353. The van der Waals surface area contributed by atoms with E-state index in [1.165, 1.54) is 0 Å². The molecule has 1 aliphatic rings. The number of methoxy groups -OCH3 is 1. The van der Waals surface area contributed by atoms with Gasteiger partial charge in [0.15, 0.2) is 15.8 Å². The Bertz CT molecular complexity index is 956. The van der Waals surface area contributed by atoms with Gasteiger partial charge < -0.3 is 15.0 Å². The molecule has 0 unspecified atom stereocenters. The van der Waals surface area contributed by atoms with Gasteiger partial charge >= 0.3 is 0 Å². The van der Waals surface area contributed by atoms with Crippen molar-refractivity contribution >= 4 is 51.1 Å². The first-order valence-corrected chi connectivity index (χ1v) is 11.6. The zero-order valence-electron chi connectivity index (χ0n) is 17.0. The number of aromatic nitrogens is 1. The fourth-order valence-corrected chi connectivity index (χ4v) is 5.27. The maximum atomic E-state index is 12.2. The van der Waals surface area contributed by atoms with Crippen LogP contribution in [0.25, 0.3) is 10.6 Å². The summed E-state index contributed by atoms with van der Waals surface area (Å²) in [6, 6.07) is 7.82. The van der Waals surface area contributed by atoms with Crippen LogP contribution in [0.1, 0.15) is 19.5 Å². The average Bonchev–Trinajstić information content (AvgIpc) is 3.14. The first-order chi connectivity index (χ1) is 13.3. The van der Waals surface area contributed by atoms with E-state index in [9.17, 15) is 8.42 Å². The Kier molecular flexibility index (Phi) is 7.91. The van der Waals surface area contributed by atoms with E-state index >= 15 is 0 Å². The predicted octanol–water partition coefficient (Wildman–Crippen LogP) is 3.02. The van der Waals surface area contributed by atoms with Crippen molar-refractivity contribution in [1.82, 2.24) is 15.2 Å². The Morgan fingerprint density at radius 1 is 1.34 bits per heavy atom. The van der Waals surface area contributed by atoms with Crippen LogP contribution >= 0.6 is 35.3 Å². The highest BCUT2D eigenvalue weighted by Gasteiger charge is 2.40. The van der Waals surface area contributed by atoms with Gasteiger partial charge in [-0.15, -0.1) is 35.3 Å². The van der Waals surface area contributed by atoms with Gasteiger partial charge in [0, 0.05) is 31.1 Å². The minimum absolute atomic E-state index is 0. The van der Waals surface area contributed by atoms with Crippen LogP contribution in [-0.4, -0.2) is 62.0 Å². The number of nitrogens with zero attached hydrogens (tertiary/aromatic N) is 3. The van der Waals surface area contributed by atoms with E-state index in [1.54, 1.807) is 39.3 Å². The van der Waals surface area contributed by atoms with Crippen LogP contribution in [0.15, 0.2) is 34.6 Å². The second kappa shape index (κ2) is 9.61. The number of rotatable bonds is 4. The van der Waals surface area contributed by atoms with Crippen molar-refractivity contribution in [3.05, 3.63) is 35.3 Å². The van der Waals surface area contributed by atoms with Gasteiger partial charge in [-0.2, -0.15) is 0 Å². The minimum atomic E-state index is -3.08. The number of hydrogen-bond donors (Lipinski definition) is 1. The number of halogens is 1. The Morgan fingerprint density at radius 2 is 2.03 bits per heavy atom. The molecule has 160 valence electrons. The van der Waals surface area contributed by atoms with Crippen molar-refractivity contribution in [2.24, 2.45) is 4.99 Å². The summed E-state index contributed by atoms with van der Waals surface area (Å²) in [5.74, 6) is 1.65. The first-order valence-electron chi connectivity index (χ1n) is 9.02. The predicted molar refractivity (Wildman–Crippen MR) is 129 cm³/mol. The number of benzene rings is 1. The summed E-state index contributed by atoms with van der Waals surface area (Å²) in [6.45, 7) is 4.93. The standard InChI is InChI=1S/C19H26N4O3S2.HI/c1-19(2)13-23(9-10-28(19,24)25)18(20-3)21-11-15-12-27-17(22-15)14-5-7-16(26-4)8-6-14;/h5-8,12H,9-11,13H2,1-4H3,(H,20,21);1H. The zero-order chi connectivity index (χ0) is 20.4. The van der Waals surface area contributed by atoms with E-state index in [4.69, 9.17) is 4.74 Å². The molecule has 0 bridgehead atoms. The maximum absolute atomic E-state index is 12.2. The second-order valence-corrected chi connectivity index (χ2v) is 10.9. The fourth-order valence-electron chi connectivity index (χ4n) is 3.08. The van der Waals surface area contributed by atoms with Gasteiger partial charge in [0.1, 0.15) is 10.8 Å². The van der Waals surface area contributed by atoms with Crippen molar-refractivity contribution in [1.29, 1.82) is 0 Å². The highest BCUT2D eigenvalue weighted by Crippen LogP contribution is 2.26. The molecule has 1 N–H and O–H groups in total. The molecule has 3 rings (SSSR count). The van der Waals surface area contributed by atoms with Crippen LogP contribution < -0.4 is 10.1 Å². The third kappa shape index (κ3) is 5.40. The smallest absolute Gasteiger partial charge is 0.194 e. The Morgan fingerprint density at radius 3 is 2.62 bits per heavy atom. The van der Waals surface area contributed by atoms with Crippen LogP contribution in [0, 0.1) is 0 Å². The Hall–Kier alpha value is -1.40. The SMILES string of the molecule is CN=C(NCc1csc(-c2ccc(OC)cc2)n1)N1CCS(=O)(=O)C(C)(C)C1.I. The van der Waals surface area contributed by atoms with E-state index in [1.807, 2.05) is 34.5 Å². The quantitative estimate of drug-likeness (QED) is 0.358. The topological polar surface area (TPSA) is 83.9 Å². The molecule has 1 aromatic heterocycles. The van der Waals surface area contributed by atoms with E-state index in [-0.39, 0.29) is 29.7 Å². The molecule has 0 spiro atoms. The number of ether oxygens (including phenoxy) is 1. The second-order valence-electron chi connectivity index (χ2n) is 7.27. The molecule has 0 saturated carbocycles. The average molecular weight is 550 g/mol. The van der Waals surface area contributed by atoms with Crippen LogP contribution in [0.3, 0.4) is 0 Å². The summed E-state index contributed by atoms with van der Waals surface area (Å²) >= 11 is 1.59. The summed E-state index contributed by atoms with van der Waals surface area (Å²) in [7, 11) is 0.278. The van der Waals surface area contributed by atoms with Crippen molar-refractivity contribution in [3.8, 4) is 16.3 Å². The van der Waals surface area contributed by atoms with E-state index in [2.05, 4.69) is 15.3 Å². The van der Waals surface area contributed by atoms with E-state index in [0.29, 0.717) is 25.6 Å². The summed E-state index contributed by atoms with van der Waals surface area (Å²) in [5.41, 5.74) is 1.96. The van der Waals surface area contributed by atoms with Crippen molar-refractivity contribution in [2.45, 2.75) is 25.1 Å². The lowest BCUT2D eigenvalue weighted by Gasteiger charge is -2.39. The van der Waals surface area contributed by atoms with E-state index in [0.717, 1.165) is 22.0 Å². The number of aliphatic imine (C=N–C) groups is 1. The third-order valence-electron chi connectivity index (χ3n) is 4.87. The van der Waals surface area contributed by atoms with Gasteiger partial charge in [-0.3, -0.25) is 4.99 Å². The summed E-state index contributed by atoms with van der Waals surface area (Å²) < 4.78 is 28.8. The number of guanidine groups is 1. The molecule has 0 radical (unpaired) electrons. The minimum Gasteiger partial charge on any atom is -0.497 e. The Balaban J connectivity index is 0.00000300. The number of hydrogen-bond acceptors (Lipinski definition) is 6. The highest BCUT2D eigenvalue weighted by molar-refractivity contribution is 14.0.